The summed E-state index contributed by atoms with van der Waals surface area (Å²) in [5.74, 6) is -0.890. The fourth-order valence-electron chi connectivity index (χ4n) is 0.933. The molecule has 2 N–H and O–H groups in total. The van der Waals surface area contributed by atoms with Crippen LogP contribution in [0.25, 0.3) is 0 Å². The Kier molecular flexibility index (Phi) is 3.72. The molecular formula is C8H9N3O5. The molecule has 0 radical (unpaired) electrons. The van der Waals surface area contributed by atoms with Crippen molar-refractivity contribution in [3.63, 3.8) is 0 Å². The topological polar surface area (TPSA) is 115 Å². The summed E-state index contributed by atoms with van der Waals surface area (Å²) >= 11 is 0. The lowest BCUT2D eigenvalue weighted by Gasteiger charge is -2.06. The summed E-state index contributed by atoms with van der Waals surface area (Å²) in [6.45, 7) is 1.06. The van der Waals surface area contributed by atoms with Gasteiger partial charge >= 0.3 is 5.97 Å². The van der Waals surface area contributed by atoms with E-state index in [-0.39, 0.29) is 11.5 Å². The third kappa shape index (κ3) is 3.17. The van der Waals surface area contributed by atoms with Gasteiger partial charge in [-0.2, -0.15) is 0 Å². The second-order valence-electron chi connectivity index (χ2n) is 2.90. The van der Waals surface area contributed by atoms with E-state index in [1.165, 1.54) is 6.07 Å². The molecule has 1 aromatic rings. The third-order valence-corrected chi connectivity index (χ3v) is 1.64. The lowest BCUT2D eigenvalue weighted by Crippen LogP contribution is -2.12. The second kappa shape index (κ2) is 5.03. The fraction of sp³-hybridized carbons (Fsp3) is 0.250. The van der Waals surface area contributed by atoms with Gasteiger partial charge in [-0.3, -0.25) is 15.0 Å². The molecule has 0 unspecified atom stereocenters. The molecule has 0 aliphatic carbocycles. The summed E-state index contributed by atoms with van der Waals surface area (Å²) < 4.78 is 0. The highest BCUT2D eigenvalue weighted by atomic mass is 16.7. The van der Waals surface area contributed by atoms with Crippen LogP contribution in [-0.2, 0) is 9.63 Å². The maximum Gasteiger partial charge on any atom is 0.332 e. The Labute approximate surface area is 90.0 Å². The molecule has 16 heavy (non-hydrogen) atoms. The maximum atomic E-state index is 10.4. The number of aryl methyl sites for hydroxylation is 1. The van der Waals surface area contributed by atoms with Gasteiger partial charge in [0.2, 0.25) is 0 Å². The average molecular weight is 227 g/mol. The van der Waals surface area contributed by atoms with Gasteiger partial charge in [-0.1, -0.05) is 0 Å². The molecule has 0 saturated heterocycles. The molecule has 0 atom stereocenters. The summed E-state index contributed by atoms with van der Waals surface area (Å²) in [6, 6.07) is 1.31. The minimum Gasteiger partial charge on any atom is -0.479 e. The Morgan fingerprint density at radius 2 is 2.44 bits per heavy atom. The van der Waals surface area contributed by atoms with E-state index in [1.807, 2.05) is 0 Å². The van der Waals surface area contributed by atoms with Crippen molar-refractivity contribution in [2.45, 2.75) is 6.92 Å². The van der Waals surface area contributed by atoms with Crippen molar-refractivity contribution in [3.05, 3.63) is 27.9 Å². The summed E-state index contributed by atoms with van der Waals surface area (Å²) in [5.41, 5.74) is 2.64. The number of carboxylic acid groups (broad SMARTS) is 1. The van der Waals surface area contributed by atoms with E-state index in [4.69, 9.17) is 5.11 Å². The normalized spacial score (nSPS) is 9.81. The summed E-state index contributed by atoms with van der Waals surface area (Å²) in [5, 5.41) is 18.7. The number of aromatic nitrogens is 1. The number of hydrogen-bond acceptors (Lipinski definition) is 6. The molecular weight excluding hydrogens is 218 g/mol. The van der Waals surface area contributed by atoms with Gasteiger partial charge in [0.25, 0.3) is 5.69 Å². The second-order valence-corrected chi connectivity index (χ2v) is 2.90. The Balaban J connectivity index is 2.68. The van der Waals surface area contributed by atoms with Gasteiger partial charge < -0.3 is 5.11 Å². The Bertz CT molecular complexity index is 420. The molecule has 0 bridgehead atoms. The van der Waals surface area contributed by atoms with Crippen molar-refractivity contribution in [1.82, 2.24) is 4.98 Å². The quantitative estimate of drug-likeness (QED) is 0.562. The highest BCUT2D eigenvalue weighted by Gasteiger charge is 2.09. The zero-order valence-corrected chi connectivity index (χ0v) is 8.34. The van der Waals surface area contributed by atoms with Gasteiger partial charge in [0.05, 0.1) is 4.92 Å². The predicted molar refractivity (Wildman–Crippen MR) is 52.8 cm³/mol. The summed E-state index contributed by atoms with van der Waals surface area (Å²) in [6.07, 6.45) is 1.06. The van der Waals surface area contributed by atoms with Crippen LogP contribution in [0, 0.1) is 17.0 Å². The van der Waals surface area contributed by atoms with Crippen LogP contribution in [0.15, 0.2) is 12.3 Å². The van der Waals surface area contributed by atoms with Crippen LogP contribution >= 0.6 is 0 Å². The Morgan fingerprint density at radius 1 is 1.75 bits per heavy atom. The minimum absolute atomic E-state index is 0.138. The molecule has 8 heteroatoms. The summed E-state index contributed by atoms with van der Waals surface area (Å²) in [7, 11) is 0. The number of nitrogens with one attached hydrogen (secondary N) is 1. The molecule has 0 amide bonds. The van der Waals surface area contributed by atoms with Gasteiger partial charge in [-0.15, -0.1) is 0 Å². The first-order valence-corrected chi connectivity index (χ1v) is 4.21. The molecule has 0 spiro atoms. The molecule has 8 nitrogen and oxygen atoms in total. The molecule has 1 rings (SSSR count). The van der Waals surface area contributed by atoms with Crippen molar-refractivity contribution in [1.29, 1.82) is 0 Å². The molecule has 0 aromatic carbocycles. The van der Waals surface area contributed by atoms with Gasteiger partial charge in [-0.25, -0.2) is 15.3 Å². The van der Waals surface area contributed by atoms with E-state index < -0.39 is 17.5 Å². The van der Waals surface area contributed by atoms with E-state index in [9.17, 15) is 14.9 Å². The van der Waals surface area contributed by atoms with Crippen molar-refractivity contribution in [2.24, 2.45) is 0 Å². The Hall–Kier alpha value is -2.22. The van der Waals surface area contributed by atoms with Crippen LogP contribution < -0.4 is 5.48 Å². The van der Waals surface area contributed by atoms with Crippen LogP contribution in [0.5, 0.6) is 0 Å². The number of nitro groups is 1. The molecule has 0 aliphatic heterocycles. The van der Waals surface area contributed by atoms with Gasteiger partial charge in [0.1, 0.15) is 6.20 Å². The SMILES string of the molecule is Cc1cc([N+](=O)[O-])cnc1NOCC(=O)O. The van der Waals surface area contributed by atoms with E-state index in [0.717, 1.165) is 6.20 Å². The van der Waals surface area contributed by atoms with Crippen molar-refractivity contribution >= 4 is 17.5 Å². The first kappa shape index (κ1) is 11.9. The zero-order valence-electron chi connectivity index (χ0n) is 8.34. The van der Waals surface area contributed by atoms with Crippen LogP contribution in [0.3, 0.4) is 0 Å². The number of anilines is 1. The molecule has 0 saturated carbocycles. The summed E-state index contributed by atoms with van der Waals surface area (Å²) in [4.78, 5) is 28.3. The van der Waals surface area contributed by atoms with E-state index in [0.29, 0.717) is 5.56 Å². The van der Waals surface area contributed by atoms with Gasteiger partial charge in [-0.05, 0) is 6.92 Å². The smallest absolute Gasteiger partial charge is 0.332 e. The first-order valence-electron chi connectivity index (χ1n) is 4.21. The number of carboxylic acids is 1. The van der Waals surface area contributed by atoms with Crippen LogP contribution in [0.4, 0.5) is 11.5 Å². The van der Waals surface area contributed by atoms with Crippen molar-refractivity contribution in [2.75, 3.05) is 12.1 Å². The number of aliphatic carboxylic acids is 1. The fourth-order valence-corrected chi connectivity index (χ4v) is 0.933. The number of hydrogen-bond donors (Lipinski definition) is 2. The van der Waals surface area contributed by atoms with Crippen LogP contribution in [0.1, 0.15) is 5.56 Å². The number of carbonyl (C=O) groups is 1. The van der Waals surface area contributed by atoms with Crippen molar-refractivity contribution in [3.8, 4) is 0 Å². The van der Waals surface area contributed by atoms with E-state index in [1.54, 1.807) is 6.92 Å². The maximum absolute atomic E-state index is 10.4. The first-order chi connectivity index (χ1) is 7.50. The highest BCUT2D eigenvalue weighted by molar-refractivity contribution is 5.68. The molecule has 86 valence electrons. The van der Waals surface area contributed by atoms with Crippen LogP contribution in [-0.4, -0.2) is 27.6 Å². The van der Waals surface area contributed by atoms with Gasteiger partial charge in [0.15, 0.2) is 12.4 Å². The highest BCUT2D eigenvalue weighted by Crippen LogP contribution is 2.17. The van der Waals surface area contributed by atoms with Crippen LogP contribution in [0.2, 0.25) is 0 Å². The van der Waals surface area contributed by atoms with Gasteiger partial charge in [0, 0.05) is 11.6 Å². The molecule has 0 fully saturated rings. The molecule has 1 heterocycles. The Morgan fingerprint density at radius 3 is 2.94 bits per heavy atom. The van der Waals surface area contributed by atoms with E-state index >= 15 is 0 Å². The predicted octanol–water partition coefficient (Wildman–Crippen LogP) is 0.726. The average Bonchev–Trinajstić information content (AvgIpc) is 2.19. The standard InChI is InChI=1S/C8H9N3O5/c1-5-2-6(11(14)15)3-9-8(5)10-16-4-7(12)13/h2-3H,4H2,1H3,(H,9,10)(H,12,13). The largest absolute Gasteiger partial charge is 0.479 e. The number of nitrogens with zero attached hydrogens (tertiary/aromatic N) is 2. The van der Waals surface area contributed by atoms with Crippen molar-refractivity contribution < 1.29 is 19.7 Å². The molecule has 0 aliphatic rings. The number of pyridine rings is 1. The number of rotatable bonds is 5. The molecule has 1 aromatic heterocycles. The zero-order chi connectivity index (χ0) is 12.1. The van der Waals surface area contributed by atoms with E-state index in [2.05, 4.69) is 15.3 Å². The lowest BCUT2D eigenvalue weighted by atomic mass is 10.3. The third-order valence-electron chi connectivity index (χ3n) is 1.64. The monoisotopic (exact) mass is 227 g/mol. The minimum atomic E-state index is -1.13. The lowest BCUT2D eigenvalue weighted by molar-refractivity contribution is -0.385.